The van der Waals surface area contributed by atoms with Gasteiger partial charge in [-0.1, -0.05) is 23.5 Å². The van der Waals surface area contributed by atoms with Crippen LogP contribution in [0.3, 0.4) is 0 Å². The molecule has 0 fully saturated rings. The van der Waals surface area contributed by atoms with Crippen molar-refractivity contribution >= 4 is 32.4 Å². The Morgan fingerprint density at radius 1 is 1.16 bits per heavy atom. The van der Waals surface area contributed by atoms with Crippen LogP contribution in [-0.2, 0) is 0 Å². The average Bonchev–Trinajstić information content (AvgIpc) is 2.88. The molecule has 0 saturated carbocycles. The smallest absolute Gasteiger partial charge is 0.204 e. The van der Waals surface area contributed by atoms with Crippen LogP contribution in [0.2, 0.25) is 0 Å². The van der Waals surface area contributed by atoms with Crippen LogP contribution in [0, 0.1) is 0 Å². The topological polar surface area (TPSA) is 50.2 Å². The lowest BCUT2D eigenvalue weighted by atomic mass is 10.2. The Labute approximate surface area is 114 Å². The molecule has 3 aromatic rings. The normalized spacial score (nSPS) is 11.7. The van der Waals surface area contributed by atoms with E-state index in [4.69, 9.17) is 0 Å². The molecule has 0 spiro atoms. The molecular formula is C14H12N4S. The van der Waals surface area contributed by atoms with Gasteiger partial charge in [-0.15, -0.1) is 0 Å². The fourth-order valence-corrected chi connectivity index (χ4v) is 2.52. The van der Waals surface area contributed by atoms with E-state index in [0.717, 1.165) is 26.6 Å². The molecule has 0 saturated heterocycles. The fraction of sp³-hybridized carbons (Fsp3) is 0.0714. The number of thiazole rings is 1. The van der Waals surface area contributed by atoms with E-state index >= 15 is 0 Å². The molecule has 0 atom stereocenters. The molecule has 0 radical (unpaired) electrons. The van der Waals surface area contributed by atoms with Crippen molar-refractivity contribution in [3.05, 3.63) is 54.4 Å². The van der Waals surface area contributed by atoms with Gasteiger partial charge >= 0.3 is 0 Å². The molecule has 1 aromatic carbocycles. The minimum atomic E-state index is 0.801. The first-order valence-corrected chi connectivity index (χ1v) is 6.71. The number of hydrazone groups is 1. The molecule has 5 heteroatoms. The largest absolute Gasteiger partial charge is 0.265 e. The number of rotatable bonds is 3. The number of para-hydroxylation sites is 1. The van der Waals surface area contributed by atoms with E-state index in [-0.39, 0.29) is 0 Å². The van der Waals surface area contributed by atoms with Gasteiger partial charge in [0.25, 0.3) is 0 Å². The first-order chi connectivity index (χ1) is 9.33. The van der Waals surface area contributed by atoms with Gasteiger partial charge in [0.15, 0.2) is 0 Å². The summed E-state index contributed by atoms with van der Waals surface area (Å²) in [5.74, 6) is 0. The molecule has 3 rings (SSSR count). The maximum atomic E-state index is 4.47. The third-order valence-electron chi connectivity index (χ3n) is 2.71. The number of nitrogens with zero attached hydrogens (tertiary/aromatic N) is 3. The highest BCUT2D eigenvalue weighted by Crippen LogP contribution is 2.25. The molecule has 2 heterocycles. The summed E-state index contributed by atoms with van der Waals surface area (Å²) in [6.07, 6.45) is 3.51. The van der Waals surface area contributed by atoms with Crippen LogP contribution in [0.1, 0.15) is 12.5 Å². The van der Waals surface area contributed by atoms with E-state index in [0.29, 0.717) is 0 Å². The molecule has 4 nitrogen and oxygen atoms in total. The Hall–Kier alpha value is -2.27. The first-order valence-electron chi connectivity index (χ1n) is 5.89. The van der Waals surface area contributed by atoms with Crippen LogP contribution in [-0.4, -0.2) is 15.7 Å². The third kappa shape index (κ3) is 2.61. The number of nitrogens with one attached hydrogen (secondary N) is 1. The Morgan fingerprint density at radius 3 is 2.74 bits per heavy atom. The molecule has 1 N–H and O–H groups in total. The summed E-state index contributed by atoms with van der Waals surface area (Å²) >= 11 is 1.59. The maximum absolute atomic E-state index is 4.47. The Balaban J connectivity index is 1.82. The SMILES string of the molecule is C/C(=N/Nc1nc2ccccc2s1)c1ccncc1. The second-order valence-corrected chi connectivity index (χ2v) is 5.06. The first kappa shape index (κ1) is 11.8. The molecule has 0 aliphatic rings. The van der Waals surface area contributed by atoms with Gasteiger partial charge in [-0.3, -0.25) is 10.4 Å². The van der Waals surface area contributed by atoms with Crippen molar-refractivity contribution in [1.82, 2.24) is 9.97 Å². The number of hydrogen-bond acceptors (Lipinski definition) is 5. The number of benzene rings is 1. The van der Waals surface area contributed by atoms with Crippen LogP contribution in [0.4, 0.5) is 5.13 Å². The highest BCUT2D eigenvalue weighted by Gasteiger charge is 2.02. The minimum absolute atomic E-state index is 0.801. The van der Waals surface area contributed by atoms with Gasteiger partial charge in [0, 0.05) is 18.0 Å². The zero-order valence-electron chi connectivity index (χ0n) is 10.4. The Bertz CT molecular complexity index is 685. The van der Waals surface area contributed by atoms with Crippen molar-refractivity contribution in [2.24, 2.45) is 5.10 Å². The summed E-state index contributed by atoms with van der Waals surface area (Å²) in [6, 6.07) is 11.9. The molecule has 94 valence electrons. The molecule has 0 aliphatic heterocycles. The Kier molecular flexibility index (Phi) is 3.20. The highest BCUT2D eigenvalue weighted by molar-refractivity contribution is 7.22. The van der Waals surface area contributed by atoms with Gasteiger partial charge in [-0.25, -0.2) is 4.98 Å². The zero-order valence-corrected chi connectivity index (χ0v) is 11.2. The van der Waals surface area contributed by atoms with Crippen molar-refractivity contribution in [3.8, 4) is 0 Å². The van der Waals surface area contributed by atoms with Crippen molar-refractivity contribution in [1.29, 1.82) is 0 Å². The minimum Gasteiger partial charge on any atom is -0.265 e. The highest BCUT2D eigenvalue weighted by atomic mass is 32.1. The molecule has 19 heavy (non-hydrogen) atoms. The number of fused-ring (bicyclic) bond motifs is 1. The van der Waals surface area contributed by atoms with Crippen molar-refractivity contribution in [2.45, 2.75) is 6.92 Å². The van der Waals surface area contributed by atoms with E-state index in [1.807, 2.05) is 37.3 Å². The van der Waals surface area contributed by atoms with E-state index in [9.17, 15) is 0 Å². The van der Waals surface area contributed by atoms with Gasteiger partial charge in [0.1, 0.15) is 0 Å². The summed E-state index contributed by atoms with van der Waals surface area (Å²) < 4.78 is 1.15. The lowest BCUT2D eigenvalue weighted by molar-refractivity contribution is 1.27. The van der Waals surface area contributed by atoms with Gasteiger partial charge in [0.2, 0.25) is 5.13 Å². The zero-order chi connectivity index (χ0) is 13.1. The number of hydrogen-bond donors (Lipinski definition) is 1. The maximum Gasteiger partial charge on any atom is 0.204 e. The molecule has 0 aliphatic carbocycles. The van der Waals surface area contributed by atoms with Crippen molar-refractivity contribution in [2.75, 3.05) is 5.43 Å². The summed E-state index contributed by atoms with van der Waals surface area (Å²) in [7, 11) is 0. The lowest BCUT2D eigenvalue weighted by Gasteiger charge is -1.99. The van der Waals surface area contributed by atoms with E-state index in [1.165, 1.54) is 0 Å². The van der Waals surface area contributed by atoms with Crippen LogP contribution in [0.5, 0.6) is 0 Å². The standard InChI is InChI=1S/C14H12N4S/c1-10(11-6-8-15-9-7-11)17-18-14-16-12-4-2-3-5-13(12)19-14/h2-9H,1H3,(H,16,18)/b17-10-. The quantitative estimate of drug-likeness (QED) is 0.584. The summed E-state index contributed by atoms with van der Waals surface area (Å²) in [5, 5.41) is 5.15. The summed E-state index contributed by atoms with van der Waals surface area (Å²) in [4.78, 5) is 8.46. The van der Waals surface area contributed by atoms with Crippen LogP contribution in [0.15, 0.2) is 53.9 Å². The van der Waals surface area contributed by atoms with Crippen LogP contribution < -0.4 is 5.43 Å². The number of anilines is 1. The monoisotopic (exact) mass is 268 g/mol. The molecule has 0 unspecified atom stereocenters. The number of pyridine rings is 1. The molecule has 2 aromatic heterocycles. The second kappa shape index (κ2) is 5.16. The molecular weight excluding hydrogens is 256 g/mol. The lowest BCUT2D eigenvalue weighted by Crippen LogP contribution is -1.99. The van der Waals surface area contributed by atoms with Crippen molar-refractivity contribution < 1.29 is 0 Å². The third-order valence-corrected chi connectivity index (χ3v) is 3.65. The van der Waals surface area contributed by atoms with E-state index in [1.54, 1.807) is 23.7 Å². The molecule has 0 amide bonds. The number of aromatic nitrogens is 2. The van der Waals surface area contributed by atoms with E-state index < -0.39 is 0 Å². The predicted molar refractivity (Wildman–Crippen MR) is 79.7 cm³/mol. The molecule has 0 bridgehead atoms. The Morgan fingerprint density at radius 2 is 1.95 bits per heavy atom. The van der Waals surface area contributed by atoms with Gasteiger partial charge < -0.3 is 0 Å². The predicted octanol–water partition coefficient (Wildman–Crippen LogP) is 3.53. The fourth-order valence-electron chi connectivity index (χ4n) is 1.71. The van der Waals surface area contributed by atoms with Crippen molar-refractivity contribution in [3.63, 3.8) is 0 Å². The van der Waals surface area contributed by atoms with Gasteiger partial charge in [-0.05, 0) is 31.2 Å². The van der Waals surface area contributed by atoms with Gasteiger partial charge in [0.05, 0.1) is 15.9 Å². The summed E-state index contributed by atoms with van der Waals surface area (Å²) in [5.41, 5.74) is 5.95. The van der Waals surface area contributed by atoms with E-state index in [2.05, 4.69) is 26.6 Å². The van der Waals surface area contributed by atoms with Crippen LogP contribution >= 0.6 is 11.3 Å². The average molecular weight is 268 g/mol. The van der Waals surface area contributed by atoms with Gasteiger partial charge in [-0.2, -0.15) is 5.10 Å². The second-order valence-electron chi connectivity index (χ2n) is 4.03. The summed E-state index contributed by atoms with van der Waals surface area (Å²) in [6.45, 7) is 1.95. The van der Waals surface area contributed by atoms with Crippen LogP contribution in [0.25, 0.3) is 10.2 Å².